The fourth-order valence-electron chi connectivity index (χ4n) is 2.90. The van der Waals surface area contributed by atoms with Gasteiger partial charge in [0.25, 0.3) is 0 Å². The lowest BCUT2D eigenvalue weighted by molar-refractivity contribution is 0.255. The number of anilines is 1. The van der Waals surface area contributed by atoms with Gasteiger partial charge in [0, 0.05) is 11.9 Å². The molecule has 0 saturated heterocycles. The minimum atomic E-state index is -0.166. The number of para-hydroxylation sites is 1. The maximum Gasteiger partial charge on any atom is 0.323 e. The molecule has 0 aromatic heterocycles. The monoisotopic (exact) mass is 286 g/mol. The molecule has 1 aromatic carbocycles. The SMILES string of the molecule is Cc1cccc(C(C)C)c1NC(=O)N/C=C/C1CCCC1. The highest BCUT2D eigenvalue weighted by atomic mass is 16.2. The number of allylic oxidation sites excluding steroid dienone is 1. The van der Waals surface area contributed by atoms with Crippen molar-refractivity contribution in [2.45, 2.75) is 52.4 Å². The summed E-state index contributed by atoms with van der Waals surface area (Å²) in [5.41, 5.74) is 3.19. The molecule has 1 saturated carbocycles. The van der Waals surface area contributed by atoms with Crippen LogP contribution in [0.3, 0.4) is 0 Å². The quantitative estimate of drug-likeness (QED) is 0.808. The van der Waals surface area contributed by atoms with Crippen LogP contribution in [0.5, 0.6) is 0 Å². The Balaban J connectivity index is 1.96. The van der Waals surface area contributed by atoms with Crippen LogP contribution in [-0.4, -0.2) is 6.03 Å². The third kappa shape index (κ3) is 4.35. The fraction of sp³-hybridized carbons (Fsp3) is 0.500. The van der Waals surface area contributed by atoms with Crippen molar-refractivity contribution in [3.63, 3.8) is 0 Å². The highest BCUT2D eigenvalue weighted by Gasteiger charge is 2.12. The van der Waals surface area contributed by atoms with E-state index in [1.54, 1.807) is 6.20 Å². The second kappa shape index (κ2) is 7.30. The van der Waals surface area contributed by atoms with Gasteiger partial charge in [-0.2, -0.15) is 0 Å². The van der Waals surface area contributed by atoms with Gasteiger partial charge in [0.05, 0.1) is 0 Å². The van der Waals surface area contributed by atoms with Crippen LogP contribution in [0.25, 0.3) is 0 Å². The topological polar surface area (TPSA) is 41.1 Å². The zero-order valence-electron chi connectivity index (χ0n) is 13.3. The van der Waals surface area contributed by atoms with Crippen molar-refractivity contribution in [3.05, 3.63) is 41.6 Å². The molecule has 1 aliphatic rings. The number of nitrogens with one attached hydrogen (secondary N) is 2. The van der Waals surface area contributed by atoms with E-state index in [1.807, 2.05) is 19.1 Å². The molecular weight excluding hydrogens is 260 g/mol. The molecule has 114 valence electrons. The highest BCUT2D eigenvalue weighted by molar-refractivity contribution is 5.91. The van der Waals surface area contributed by atoms with Crippen LogP contribution in [0.2, 0.25) is 0 Å². The molecule has 2 rings (SSSR count). The zero-order chi connectivity index (χ0) is 15.2. The molecule has 0 unspecified atom stereocenters. The van der Waals surface area contributed by atoms with E-state index < -0.39 is 0 Å². The first-order valence-electron chi connectivity index (χ1n) is 7.91. The van der Waals surface area contributed by atoms with Crippen LogP contribution in [0, 0.1) is 12.8 Å². The van der Waals surface area contributed by atoms with E-state index in [0.29, 0.717) is 11.8 Å². The van der Waals surface area contributed by atoms with Crippen molar-refractivity contribution in [2.24, 2.45) is 5.92 Å². The Bertz CT molecular complexity index is 514. The summed E-state index contributed by atoms with van der Waals surface area (Å²) in [6.07, 6.45) is 9.01. The molecule has 0 spiro atoms. The Labute approximate surface area is 127 Å². The third-order valence-corrected chi connectivity index (χ3v) is 4.15. The van der Waals surface area contributed by atoms with Gasteiger partial charge in [-0.15, -0.1) is 0 Å². The van der Waals surface area contributed by atoms with Crippen LogP contribution in [0.4, 0.5) is 10.5 Å². The van der Waals surface area contributed by atoms with Gasteiger partial charge >= 0.3 is 6.03 Å². The summed E-state index contributed by atoms with van der Waals surface area (Å²) in [6, 6.07) is 5.96. The largest absolute Gasteiger partial charge is 0.323 e. The highest BCUT2D eigenvalue weighted by Crippen LogP contribution is 2.27. The molecule has 2 amide bonds. The van der Waals surface area contributed by atoms with E-state index in [9.17, 15) is 4.79 Å². The van der Waals surface area contributed by atoms with Crippen LogP contribution < -0.4 is 10.6 Å². The Morgan fingerprint density at radius 1 is 1.29 bits per heavy atom. The molecule has 3 heteroatoms. The minimum absolute atomic E-state index is 0.166. The second-order valence-electron chi connectivity index (χ2n) is 6.20. The summed E-state index contributed by atoms with van der Waals surface area (Å²) in [6.45, 7) is 6.30. The molecular formula is C18H26N2O. The van der Waals surface area contributed by atoms with E-state index in [-0.39, 0.29) is 6.03 Å². The average Bonchev–Trinajstić information content (AvgIpc) is 2.94. The first-order chi connectivity index (χ1) is 10.1. The third-order valence-electron chi connectivity index (χ3n) is 4.15. The van der Waals surface area contributed by atoms with E-state index >= 15 is 0 Å². The number of carbonyl (C=O) groups is 1. The Morgan fingerprint density at radius 2 is 2.00 bits per heavy atom. The van der Waals surface area contributed by atoms with Crippen molar-refractivity contribution in [2.75, 3.05) is 5.32 Å². The van der Waals surface area contributed by atoms with Gasteiger partial charge in [0.2, 0.25) is 0 Å². The molecule has 0 atom stereocenters. The van der Waals surface area contributed by atoms with Gasteiger partial charge in [0.15, 0.2) is 0 Å². The van der Waals surface area contributed by atoms with Crippen molar-refractivity contribution >= 4 is 11.7 Å². The Morgan fingerprint density at radius 3 is 2.67 bits per heavy atom. The number of amides is 2. The standard InChI is InChI=1S/C18H26N2O/c1-13(2)16-10-6-7-14(3)17(16)20-18(21)19-12-11-15-8-4-5-9-15/h6-7,10-13,15H,4-5,8-9H2,1-3H3,(H2,19,20,21)/b12-11+. The molecule has 3 nitrogen and oxygen atoms in total. The number of carbonyl (C=O) groups excluding carboxylic acids is 1. The van der Waals surface area contributed by atoms with Crippen LogP contribution >= 0.6 is 0 Å². The first-order valence-corrected chi connectivity index (χ1v) is 7.91. The molecule has 0 aliphatic heterocycles. The van der Waals surface area contributed by atoms with E-state index in [2.05, 4.69) is 36.6 Å². The lowest BCUT2D eigenvalue weighted by Gasteiger charge is -2.16. The number of benzene rings is 1. The van der Waals surface area contributed by atoms with Crippen LogP contribution in [0.1, 0.15) is 56.6 Å². The Hall–Kier alpha value is -1.77. The second-order valence-corrected chi connectivity index (χ2v) is 6.20. The van der Waals surface area contributed by atoms with E-state index in [0.717, 1.165) is 11.3 Å². The summed E-state index contributed by atoms with van der Waals surface area (Å²) in [7, 11) is 0. The van der Waals surface area contributed by atoms with Gasteiger partial charge in [-0.25, -0.2) is 4.79 Å². The predicted molar refractivity (Wildman–Crippen MR) is 88.5 cm³/mol. The van der Waals surface area contributed by atoms with Crippen molar-refractivity contribution in [1.82, 2.24) is 5.32 Å². The molecule has 0 heterocycles. The molecule has 21 heavy (non-hydrogen) atoms. The minimum Gasteiger partial charge on any atom is -0.315 e. The van der Waals surface area contributed by atoms with E-state index in [1.165, 1.54) is 31.2 Å². The molecule has 0 bridgehead atoms. The maximum absolute atomic E-state index is 12.0. The normalized spacial score (nSPS) is 15.8. The van der Waals surface area contributed by atoms with Crippen LogP contribution in [0.15, 0.2) is 30.5 Å². The van der Waals surface area contributed by atoms with Gasteiger partial charge in [-0.1, -0.05) is 51.0 Å². The number of urea groups is 1. The summed E-state index contributed by atoms with van der Waals surface area (Å²) in [4.78, 5) is 12.0. The number of hydrogen-bond acceptors (Lipinski definition) is 1. The van der Waals surface area contributed by atoms with Crippen molar-refractivity contribution in [1.29, 1.82) is 0 Å². The molecule has 1 aromatic rings. The number of aryl methyl sites for hydroxylation is 1. The van der Waals surface area contributed by atoms with Crippen molar-refractivity contribution in [3.8, 4) is 0 Å². The lowest BCUT2D eigenvalue weighted by Crippen LogP contribution is -2.25. The summed E-state index contributed by atoms with van der Waals surface area (Å²) in [5.74, 6) is 1.02. The molecule has 1 aliphatic carbocycles. The summed E-state index contributed by atoms with van der Waals surface area (Å²) in [5, 5.41) is 5.81. The lowest BCUT2D eigenvalue weighted by atomic mass is 9.98. The number of hydrogen-bond donors (Lipinski definition) is 2. The van der Waals surface area contributed by atoms with Crippen LogP contribution in [-0.2, 0) is 0 Å². The smallest absolute Gasteiger partial charge is 0.315 e. The maximum atomic E-state index is 12.0. The van der Waals surface area contributed by atoms with Crippen molar-refractivity contribution < 1.29 is 4.79 Å². The molecule has 1 fully saturated rings. The predicted octanol–water partition coefficient (Wildman–Crippen LogP) is 4.94. The fourth-order valence-corrected chi connectivity index (χ4v) is 2.90. The molecule has 0 radical (unpaired) electrons. The van der Waals surface area contributed by atoms with Gasteiger partial charge in [-0.05, 0) is 42.7 Å². The number of rotatable bonds is 4. The van der Waals surface area contributed by atoms with Gasteiger partial charge in [0.1, 0.15) is 0 Å². The summed E-state index contributed by atoms with van der Waals surface area (Å²) < 4.78 is 0. The summed E-state index contributed by atoms with van der Waals surface area (Å²) >= 11 is 0. The van der Waals surface area contributed by atoms with Gasteiger partial charge in [-0.3, -0.25) is 0 Å². The first kappa shape index (κ1) is 15.6. The Kier molecular flexibility index (Phi) is 5.43. The molecule has 2 N–H and O–H groups in total. The van der Waals surface area contributed by atoms with Gasteiger partial charge < -0.3 is 10.6 Å². The zero-order valence-corrected chi connectivity index (χ0v) is 13.3. The average molecular weight is 286 g/mol. The van der Waals surface area contributed by atoms with E-state index in [4.69, 9.17) is 0 Å².